The number of nitrogens with zero attached hydrogens (tertiary/aromatic N) is 3. The molecule has 0 spiro atoms. The smallest absolute Gasteiger partial charge is 0.662 e. The molecule has 3 aromatic heterocycles. The largest absolute Gasteiger partial charge is 2.00 e. The van der Waals surface area contributed by atoms with Crippen molar-refractivity contribution in [3.63, 3.8) is 0 Å². The summed E-state index contributed by atoms with van der Waals surface area (Å²) in [5.41, 5.74) is 15.4. The van der Waals surface area contributed by atoms with Crippen LogP contribution in [0.1, 0.15) is 130 Å². The second-order valence-electron chi connectivity index (χ2n) is 19.3. The molecular formula is C52H56FN3Pt. The molecule has 0 aliphatic heterocycles. The zero-order valence-electron chi connectivity index (χ0n) is 35.9. The minimum Gasteiger partial charge on any atom is -0.662 e. The molecule has 0 aliphatic carbocycles. The summed E-state index contributed by atoms with van der Waals surface area (Å²) >= 11 is 0. The molecule has 4 aromatic carbocycles. The minimum absolute atomic E-state index is 0. The van der Waals surface area contributed by atoms with Gasteiger partial charge in [0.1, 0.15) is 0 Å². The van der Waals surface area contributed by atoms with Gasteiger partial charge in [0.25, 0.3) is 0 Å². The van der Waals surface area contributed by atoms with Gasteiger partial charge >= 0.3 is 21.1 Å². The number of hydrogen-bond donors (Lipinski definition) is 0. The monoisotopic (exact) mass is 936 g/mol. The first-order chi connectivity index (χ1) is 26.2. The molecule has 3 heterocycles. The summed E-state index contributed by atoms with van der Waals surface area (Å²) in [6.07, 6.45) is 1.85. The number of rotatable bonds is 6. The van der Waals surface area contributed by atoms with E-state index in [1.54, 1.807) is 6.07 Å². The van der Waals surface area contributed by atoms with Crippen molar-refractivity contribution in [3.05, 3.63) is 131 Å². The van der Waals surface area contributed by atoms with Crippen LogP contribution in [-0.4, -0.2) is 9.97 Å². The topological polar surface area (TPSA) is 39.9 Å². The van der Waals surface area contributed by atoms with Crippen LogP contribution < -0.4 is 4.98 Å². The van der Waals surface area contributed by atoms with Crippen LogP contribution >= 0.6 is 0 Å². The maximum Gasteiger partial charge on any atom is 2.00 e. The summed E-state index contributed by atoms with van der Waals surface area (Å²) in [4.78, 5) is 14.7. The van der Waals surface area contributed by atoms with Gasteiger partial charge in [-0.05, 0) is 96.0 Å². The first-order valence-corrected chi connectivity index (χ1v) is 20.1. The molecule has 0 aliphatic rings. The van der Waals surface area contributed by atoms with E-state index in [4.69, 9.17) is 9.97 Å². The summed E-state index contributed by atoms with van der Waals surface area (Å²) in [5, 5.41) is 2.22. The fourth-order valence-corrected chi connectivity index (χ4v) is 7.74. The Morgan fingerprint density at radius 3 is 1.60 bits per heavy atom. The van der Waals surface area contributed by atoms with Crippen molar-refractivity contribution in [2.24, 2.45) is 0 Å². The van der Waals surface area contributed by atoms with E-state index < -0.39 is 5.95 Å². The van der Waals surface area contributed by atoms with Gasteiger partial charge < -0.3 is 4.98 Å². The summed E-state index contributed by atoms with van der Waals surface area (Å²) in [6.45, 7) is 29.5. The predicted octanol–water partition coefficient (Wildman–Crippen LogP) is 14.5. The molecule has 7 rings (SSSR count). The van der Waals surface area contributed by atoms with E-state index in [9.17, 15) is 4.39 Å². The van der Waals surface area contributed by atoms with Gasteiger partial charge in [-0.3, -0.25) is 9.97 Å². The Labute approximate surface area is 354 Å². The maximum absolute atomic E-state index is 14.9. The molecule has 0 saturated carbocycles. The fourth-order valence-electron chi connectivity index (χ4n) is 7.74. The summed E-state index contributed by atoms with van der Waals surface area (Å²) in [5.74, 6) is 0.0299. The van der Waals surface area contributed by atoms with E-state index in [0.29, 0.717) is 5.69 Å². The molecule has 7 aromatic rings. The maximum atomic E-state index is 14.9. The van der Waals surface area contributed by atoms with Gasteiger partial charge in [-0.2, -0.15) is 9.91 Å². The van der Waals surface area contributed by atoms with Crippen molar-refractivity contribution in [1.82, 2.24) is 15.0 Å². The van der Waals surface area contributed by atoms with Gasteiger partial charge in [0.15, 0.2) is 0 Å². The normalized spacial score (nSPS) is 12.6. The molecule has 0 unspecified atom stereocenters. The third kappa shape index (κ3) is 8.31. The van der Waals surface area contributed by atoms with Gasteiger partial charge in [0.2, 0.25) is 5.95 Å². The molecule has 0 bridgehead atoms. The molecule has 3 nitrogen and oxygen atoms in total. The van der Waals surface area contributed by atoms with Crippen LogP contribution in [0.5, 0.6) is 0 Å². The molecule has 0 amide bonds. The molecular weight excluding hydrogens is 881 g/mol. The first-order valence-electron chi connectivity index (χ1n) is 20.1. The van der Waals surface area contributed by atoms with Gasteiger partial charge in [-0.25, -0.2) is 0 Å². The summed E-state index contributed by atoms with van der Waals surface area (Å²) in [7, 11) is 0. The molecule has 0 radical (unpaired) electrons. The molecule has 0 saturated heterocycles. The van der Waals surface area contributed by atoms with Crippen molar-refractivity contribution in [2.45, 2.75) is 118 Å². The van der Waals surface area contributed by atoms with Crippen LogP contribution in [0.25, 0.3) is 66.6 Å². The zero-order chi connectivity index (χ0) is 40.5. The molecule has 5 heteroatoms. The molecule has 0 atom stereocenters. The molecule has 296 valence electrons. The van der Waals surface area contributed by atoms with Crippen LogP contribution in [0.15, 0.2) is 91.1 Å². The van der Waals surface area contributed by atoms with E-state index >= 15 is 0 Å². The van der Waals surface area contributed by atoms with Gasteiger partial charge in [0, 0.05) is 11.9 Å². The van der Waals surface area contributed by atoms with E-state index in [2.05, 4.69) is 156 Å². The van der Waals surface area contributed by atoms with E-state index in [-0.39, 0.29) is 49.1 Å². The number of aromatic nitrogens is 3. The van der Waals surface area contributed by atoms with Crippen molar-refractivity contribution >= 4 is 21.8 Å². The van der Waals surface area contributed by atoms with E-state index in [0.717, 1.165) is 55.3 Å². The van der Waals surface area contributed by atoms with Crippen LogP contribution in [0, 0.1) is 12.0 Å². The average Bonchev–Trinajstić information content (AvgIpc) is 3.51. The number of hydrogen-bond acceptors (Lipinski definition) is 2. The third-order valence-electron chi connectivity index (χ3n) is 11.2. The van der Waals surface area contributed by atoms with E-state index in [1.165, 1.54) is 39.4 Å². The Morgan fingerprint density at radius 2 is 1.09 bits per heavy atom. The van der Waals surface area contributed by atoms with Gasteiger partial charge in [-0.1, -0.05) is 161 Å². The predicted molar refractivity (Wildman–Crippen MR) is 235 cm³/mol. The van der Waals surface area contributed by atoms with Crippen LogP contribution in [0.3, 0.4) is 0 Å². The number of halogens is 1. The van der Waals surface area contributed by atoms with Crippen molar-refractivity contribution in [1.29, 1.82) is 0 Å². The Hall–Kier alpha value is -4.40. The first kappa shape index (κ1) is 42.2. The minimum atomic E-state index is -0.513. The van der Waals surface area contributed by atoms with Crippen molar-refractivity contribution in [3.8, 4) is 44.8 Å². The SMILES string of the molecule is CC(C)c1cc(C(C)(C)C)cc(C(C)C)c1-c1cc(-c2cccc(F)n2)[c-]c(-c2cc(C(C)(C)C)cc3c2[n-]c2c(-c4ccccn4)cc(C(C)(C)C)cc23)c1.[Pt+2]. The van der Waals surface area contributed by atoms with Gasteiger partial charge in [0.05, 0.1) is 5.69 Å². The van der Waals surface area contributed by atoms with Gasteiger partial charge in [-0.15, -0.1) is 29.3 Å². The Kier molecular flexibility index (Phi) is 11.4. The standard InChI is InChI=1S/C52H56FN3.Pt/c1-30(2)38-24-35(50(5,6)7)25-39(31(3)4)47(38)34-22-32(21-33(23-34)44-18-16-19-46(53)55-44)40-26-36(51(8,9)10)27-41-42-28-37(52(11,12)13)29-43(49(42)56-48(40)41)45-17-14-15-20-54-45;/h14-20,22-31H,1-13H3;/q-2;+2. The quantitative estimate of drug-likeness (QED) is 0.123. The Bertz CT molecular complexity index is 2560. The Balaban J connectivity index is 0.00000549. The van der Waals surface area contributed by atoms with Crippen LogP contribution in [0.4, 0.5) is 4.39 Å². The molecule has 57 heavy (non-hydrogen) atoms. The molecule has 0 fully saturated rings. The Morgan fingerprint density at radius 1 is 0.579 bits per heavy atom. The van der Waals surface area contributed by atoms with Crippen LogP contribution in [-0.2, 0) is 37.3 Å². The third-order valence-corrected chi connectivity index (χ3v) is 11.2. The second-order valence-corrected chi connectivity index (χ2v) is 19.3. The average molecular weight is 937 g/mol. The van der Waals surface area contributed by atoms with Crippen molar-refractivity contribution < 1.29 is 25.5 Å². The fraction of sp³-hybridized carbons (Fsp3) is 0.346. The van der Waals surface area contributed by atoms with Crippen LogP contribution in [0.2, 0.25) is 0 Å². The second kappa shape index (κ2) is 15.4. The number of pyridine rings is 2. The number of benzene rings is 4. The summed E-state index contributed by atoms with van der Waals surface area (Å²) in [6, 6.07) is 33.3. The zero-order valence-corrected chi connectivity index (χ0v) is 38.1. The summed E-state index contributed by atoms with van der Waals surface area (Å²) < 4.78 is 14.9. The van der Waals surface area contributed by atoms with E-state index in [1.807, 2.05) is 24.4 Å². The molecule has 0 N–H and O–H groups in total. The number of fused-ring (bicyclic) bond motifs is 3. The van der Waals surface area contributed by atoms with Crippen molar-refractivity contribution in [2.75, 3.05) is 0 Å².